The Kier molecular flexibility index (Phi) is 9.94. The van der Waals surface area contributed by atoms with Crippen LogP contribution in [-0.2, 0) is 0 Å². The molecule has 2 aliphatic carbocycles. The van der Waals surface area contributed by atoms with Crippen LogP contribution in [0.5, 0.6) is 0 Å². The van der Waals surface area contributed by atoms with E-state index in [1.54, 1.807) is 6.08 Å². The Bertz CT molecular complexity index is 1090. The normalized spacial score (nSPS) is 17.6. The molecule has 0 amide bonds. The highest BCUT2D eigenvalue weighted by molar-refractivity contribution is 5.88. The molecule has 3 rings (SSSR count). The molecular formula is C32H45F2N3. The highest BCUT2D eigenvalue weighted by Crippen LogP contribution is 2.49. The van der Waals surface area contributed by atoms with Crippen molar-refractivity contribution in [3.8, 4) is 0 Å². The topological polar surface area (TPSA) is 41.3 Å². The lowest BCUT2D eigenvalue weighted by atomic mass is 9.75. The minimum atomic E-state index is -0.860. The molecule has 202 valence electrons. The van der Waals surface area contributed by atoms with Gasteiger partial charge < -0.3 is 16.0 Å². The van der Waals surface area contributed by atoms with Crippen molar-refractivity contribution < 1.29 is 8.78 Å². The predicted molar refractivity (Wildman–Crippen MR) is 154 cm³/mol. The first-order valence-electron chi connectivity index (χ1n) is 13.8. The molecular weight excluding hydrogens is 464 g/mol. The van der Waals surface area contributed by atoms with Gasteiger partial charge in [0.15, 0.2) is 0 Å². The quantitative estimate of drug-likeness (QED) is 0.314. The van der Waals surface area contributed by atoms with Crippen LogP contribution < -0.4 is 11.1 Å². The monoisotopic (exact) mass is 509 g/mol. The van der Waals surface area contributed by atoms with Crippen molar-refractivity contribution in [2.24, 2.45) is 11.1 Å². The highest BCUT2D eigenvalue weighted by atomic mass is 19.1. The molecule has 0 spiro atoms. The van der Waals surface area contributed by atoms with Gasteiger partial charge in [-0.3, -0.25) is 0 Å². The first-order chi connectivity index (χ1) is 17.6. The van der Waals surface area contributed by atoms with Crippen molar-refractivity contribution in [2.45, 2.75) is 78.7 Å². The van der Waals surface area contributed by atoms with Crippen LogP contribution in [0.1, 0.15) is 78.2 Å². The summed E-state index contributed by atoms with van der Waals surface area (Å²) >= 11 is 0. The van der Waals surface area contributed by atoms with Crippen LogP contribution in [0.4, 0.5) is 14.5 Å². The summed E-state index contributed by atoms with van der Waals surface area (Å²) < 4.78 is 30.1. The van der Waals surface area contributed by atoms with Crippen molar-refractivity contribution in [3.05, 3.63) is 82.6 Å². The van der Waals surface area contributed by atoms with Crippen molar-refractivity contribution in [1.29, 1.82) is 0 Å². The number of unbranched alkanes of at least 4 members (excludes halogenated alkanes) is 1. The van der Waals surface area contributed by atoms with E-state index in [0.29, 0.717) is 30.9 Å². The van der Waals surface area contributed by atoms with Gasteiger partial charge in [-0.2, -0.15) is 0 Å². The van der Waals surface area contributed by atoms with Gasteiger partial charge in [-0.1, -0.05) is 51.1 Å². The molecule has 1 unspecified atom stereocenters. The second-order valence-corrected chi connectivity index (χ2v) is 11.0. The molecule has 2 aliphatic rings. The fourth-order valence-electron chi connectivity index (χ4n) is 5.30. The van der Waals surface area contributed by atoms with Gasteiger partial charge >= 0.3 is 0 Å². The number of anilines is 1. The predicted octanol–water partition coefficient (Wildman–Crippen LogP) is 8.45. The molecule has 0 aromatic heterocycles. The summed E-state index contributed by atoms with van der Waals surface area (Å²) in [5.41, 5.74) is 10.7. The Morgan fingerprint density at radius 1 is 1.16 bits per heavy atom. The summed E-state index contributed by atoms with van der Waals surface area (Å²) in [5, 5.41) is 3.68. The van der Waals surface area contributed by atoms with E-state index >= 15 is 4.39 Å². The van der Waals surface area contributed by atoms with Gasteiger partial charge in [-0.15, -0.1) is 0 Å². The second-order valence-electron chi connectivity index (χ2n) is 11.0. The number of halogens is 2. The smallest absolute Gasteiger partial charge is 0.149 e. The number of nitrogens with zero attached hydrogens (tertiary/aromatic N) is 1. The summed E-state index contributed by atoms with van der Waals surface area (Å²) in [4.78, 5) is 2.38. The summed E-state index contributed by atoms with van der Waals surface area (Å²) in [5.74, 6) is -0.730. The van der Waals surface area contributed by atoms with Gasteiger partial charge in [-0.25, -0.2) is 8.78 Å². The Morgan fingerprint density at radius 3 is 2.49 bits per heavy atom. The van der Waals surface area contributed by atoms with Crippen LogP contribution >= 0.6 is 0 Å². The third-order valence-electron chi connectivity index (χ3n) is 7.82. The zero-order valence-electron chi connectivity index (χ0n) is 23.4. The minimum Gasteiger partial charge on any atom is -0.397 e. The Morgan fingerprint density at radius 2 is 1.86 bits per heavy atom. The maximum absolute atomic E-state index is 15.4. The number of nitrogens with two attached hydrogens (primary N) is 1. The summed E-state index contributed by atoms with van der Waals surface area (Å²) in [7, 11) is 2.18. The van der Waals surface area contributed by atoms with Crippen molar-refractivity contribution in [2.75, 3.05) is 25.5 Å². The Balaban J connectivity index is 2.01. The SMILES string of the molecule is C=C(F)C(C)(C)C1=C(c2ccc(NC(CC)CN(C)CCCC)cc2)C2=CCC=C(N)C(F)=C2CCC1. The van der Waals surface area contributed by atoms with E-state index < -0.39 is 5.41 Å². The summed E-state index contributed by atoms with van der Waals surface area (Å²) in [6, 6.07) is 8.66. The van der Waals surface area contributed by atoms with Crippen LogP contribution in [0, 0.1) is 5.41 Å². The Hall–Kier alpha value is -2.66. The molecule has 5 heteroatoms. The highest BCUT2D eigenvalue weighted by Gasteiger charge is 2.34. The van der Waals surface area contributed by atoms with E-state index in [1.807, 2.05) is 19.9 Å². The average molecular weight is 510 g/mol. The third kappa shape index (κ3) is 6.81. The second kappa shape index (κ2) is 12.7. The molecule has 1 aromatic rings. The van der Waals surface area contributed by atoms with E-state index in [0.717, 1.165) is 53.9 Å². The molecule has 0 radical (unpaired) electrons. The first-order valence-corrected chi connectivity index (χ1v) is 13.8. The first kappa shape index (κ1) is 28.9. The lowest BCUT2D eigenvalue weighted by Gasteiger charge is -2.30. The Labute approximate surface area is 222 Å². The zero-order chi connectivity index (χ0) is 27.2. The molecule has 3 nitrogen and oxygen atoms in total. The molecule has 0 saturated heterocycles. The van der Waals surface area contributed by atoms with E-state index in [2.05, 4.69) is 62.0 Å². The number of hydrogen-bond acceptors (Lipinski definition) is 3. The molecule has 0 fully saturated rings. The number of allylic oxidation sites excluding steroid dienone is 8. The van der Waals surface area contributed by atoms with E-state index in [9.17, 15) is 4.39 Å². The van der Waals surface area contributed by atoms with Crippen LogP contribution in [0.15, 0.2) is 77.1 Å². The largest absolute Gasteiger partial charge is 0.397 e. The van der Waals surface area contributed by atoms with Gasteiger partial charge in [0.1, 0.15) is 11.7 Å². The van der Waals surface area contributed by atoms with Crippen molar-refractivity contribution in [3.63, 3.8) is 0 Å². The number of rotatable bonds is 11. The van der Waals surface area contributed by atoms with E-state index in [-0.39, 0.29) is 17.4 Å². The molecule has 37 heavy (non-hydrogen) atoms. The summed E-state index contributed by atoms with van der Waals surface area (Å²) in [6.45, 7) is 13.9. The average Bonchev–Trinajstić information content (AvgIpc) is 3.14. The summed E-state index contributed by atoms with van der Waals surface area (Å²) in [6.07, 6.45) is 9.68. The fourth-order valence-corrected chi connectivity index (χ4v) is 5.30. The van der Waals surface area contributed by atoms with E-state index in [4.69, 9.17) is 5.73 Å². The minimum absolute atomic E-state index is 0.187. The molecule has 0 heterocycles. The standard InChI is InChI=1S/C32H45F2N3/c1-7-9-20-37(6)21-24(8-2)36-25-18-16-23(17-19-25)30-26-12-11-15-29(35)31(34)27(26)13-10-14-28(30)32(4,5)22(3)33/h12,15-19,24,36H,3,7-11,13-14,20-21,35H2,1-2,4-6H3. The number of fused-ring (bicyclic) bond motifs is 1. The lowest BCUT2D eigenvalue weighted by Crippen LogP contribution is -2.34. The molecule has 0 saturated carbocycles. The zero-order valence-corrected chi connectivity index (χ0v) is 23.4. The van der Waals surface area contributed by atoms with Gasteiger partial charge in [0.05, 0.1) is 5.70 Å². The molecule has 3 N–H and O–H groups in total. The molecule has 0 aliphatic heterocycles. The number of hydrogen-bond donors (Lipinski definition) is 2. The molecule has 1 aromatic carbocycles. The van der Waals surface area contributed by atoms with Crippen LogP contribution in [0.25, 0.3) is 5.57 Å². The number of likely N-dealkylation sites (N-methyl/N-ethyl adjacent to an activating group) is 1. The molecule has 0 bridgehead atoms. The van der Waals surface area contributed by atoms with Gasteiger partial charge in [-0.05, 0) is 106 Å². The van der Waals surface area contributed by atoms with Crippen LogP contribution in [0.3, 0.4) is 0 Å². The van der Waals surface area contributed by atoms with Crippen molar-refractivity contribution >= 4 is 11.3 Å². The molecule has 1 atom stereocenters. The maximum atomic E-state index is 15.4. The maximum Gasteiger partial charge on any atom is 0.149 e. The number of nitrogens with one attached hydrogen (secondary N) is 1. The van der Waals surface area contributed by atoms with Gasteiger partial charge in [0, 0.05) is 23.7 Å². The lowest BCUT2D eigenvalue weighted by molar-refractivity contribution is 0.310. The third-order valence-corrected chi connectivity index (χ3v) is 7.82. The van der Waals surface area contributed by atoms with E-state index in [1.165, 1.54) is 12.8 Å². The van der Waals surface area contributed by atoms with Crippen molar-refractivity contribution in [1.82, 2.24) is 4.90 Å². The van der Waals surface area contributed by atoms with Crippen LogP contribution in [-0.4, -0.2) is 31.1 Å². The fraction of sp³-hybridized carbons (Fsp3) is 0.500. The van der Waals surface area contributed by atoms with Crippen LogP contribution in [0.2, 0.25) is 0 Å². The number of benzene rings is 1. The van der Waals surface area contributed by atoms with Gasteiger partial charge in [0.25, 0.3) is 0 Å². The van der Waals surface area contributed by atoms with Gasteiger partial charge in [0.2, 0.25) is 0 Å².